The normalized spacial score (nSPS) is 20.9. The molecule has 1 rings (SSSR count). The van der Waals surface area contributed by atoms with Crippen LogP contribution in [0.1, 0.15) is 33.1 Å². The highest BCUT2D eigenvalue weighted by Gasteiger charge is 2.41. The number of rotatable bonds is 7. The molecule has 3 N–H and O–H groups in total. The van der Waals surface area contributed by atoms with E-state index in [9.17, 15) is 14.7 Å². The Bertz CT molecular complexity index is 335. The van der Waals surface area contributed by atoms with E-state index in [-0.39, 0.29) is 11.8 Å². The van der Waals surface area contributed by atoms with E-state index in [0.29, 0.717) is 25.9 Å². The molecule has 20 heavy (non-hydrogen) atoms. The monoisotopic (exact) mass is 286 g/mol. The first kappa shape index (κ1) is 16.9. The van der Waals surface area contributed by atoms with Gasteiger partial charge in [-0.2, -0.15) is 0 Å². The van der Waals surface area contributed by atoms with Gasteiger partial charge in [0, 0.05) is 7.11 Å². The second-order valence-electron chi connectivity index (χ2n) is 5.64. The van der Waals surface area contributed by atoms with Gasteiger partial charge in [-0.1, -0.05) is 20.3 Å². The Morgan fingerprint density at radius 2 is 2.00 bits per heavy atom. The van der Waals surface area contributed by atoms with E-state index < -0.39 is 17.4 Å². The van der Waals surface area contributed by atoms with E-state index >= 15 is 0 Å². The van der Waals surface area contributed by atoms with E-state index in [1.165, 1.54) is 0 Å². The van der Waals surface area contributed by atoms with Gasteiger partial charge in [0.2, 0.25) is 5.91 Å². The molecule has 0 radical (unpaired) electrons. The highest BCUT2D eigenvalue weighted by atomic mass is 16.5. The van der Waals surface area contributed by atoms with Crippen LogP contribution in [0.4, 0.5) is 0 Å². The Labute approximate surface area is 120 Å². The third-order valence-corrected chi connectivity index (χ3v) is 4.23. The molecule has 0 aromatic carbocycles. The third kappa shape index (κ3) is 3.93. The number of hydrogen-bond donors (Lipinski definition) is 3. The predicted molar refractivity (Wildman–Crippen MR) is 75.4 cm³/mol. The zero-order chi connectivity index (χ0) is 15.2. The van der Waals surface area contributed by atoms with Gasteiger partial charge < -0.3 is 20.5 Å². The Morgan fingerprint density at radius 3 is 2.45 bits per heavy atom. The predicted octanol–water partition coefficient (Wildman–Crippen LogP) is 0.618. The van der Waals surface area contributed by atoms with E-state index in [1.54, 1.807) is 7.11 Å². The Balaban J connectivity index is 2.81. The molecule has 2 atom stereocenters. The number of piperidine rings is 1. The van der Waals surface area contributed by atoms with Crippen molar-refractivity contribution in [2.24, 2.45) is 11.3 Å². The average Bonchev–Trinajstić information content (AvgIpc) is 2.44. The van der Waals surface area contributed by atoms with Crippen LogP contribution < -0.4 is 10.6 Å². The molecule has 0 aliphatic carbocycles. The maximum absolute atomic E-state index is 12.6. The number of carbonyl (C=O) groups excluding carboxylic acids is 1. The lowest BCUT2D eigenvalue weighted by Gasteiger charge is -2.36. The number of nitrogens with one attached hydrogen (secondary N) is 2. The van der Waals surface area contributed by atoms with E-state index in [1.807, 2.05) is 13.8 Å². The lowest BCUT2D eigenvalue weighted by molar-refractivity contribution is -0.147. The largest absolute Gasteiger partial charge is 0.480 e. The summed E-state index contributed by atoms with van der Waals surface area (Å²) in [5.74, 6) is -1.28. The highest BCUT2D eigenvalue weighted by molar-refractivity contribution is 5.87. The van der Waals surface area contributed by atoms with Crippen molar-refractivity contribution < 1.29 is 19.4 Å². The molecule has 2 unspecified atom stereocenters. The number of ether oxygens (including phenoxy) is 1. The molecule has 0 aromatic rings. The molecule has 1 aliphatic heterocycles. The Morgan fingerprint density at radius 1 is 1.40 bits per heavy atom. The molecule has 1 saturated heterocycles. The summed E-state index contributed by atoms with van der Waals surface area (Å²) in [7, 11) is 1.57. The van der Waals surface area contributed by atoms with Gasteiger partial charge in [0.05, 0.1) is 12.0 Å². The highest BCUT2D eigenvalue weighted by Crippen LogP contribution is 2.30. The van der Waals surface area contributed by atoms with Crippen molar-refractivity contribution in [3.8, 4) is 0 Å². The Kier molecular flexibility index (Phi) is 6.42. The van der Waals surface area contributed by atoms with E-state index in [0.717, 1.165) is 13.1 Å². The number of aliphatic carboxylic acids is 1. The number of hydrogen-bond acceptors (Lipinski definition) is 4. The zero-order valence-corrected chi connectivity index (χ0v) is 12.6. The van der Waals surface area contributed by atoms with Crippen LogP contribution in [0, 0.1) is 11.3 Å². The topological polar surface area (TPSA) is 87.7 Å². The number of carbonyl (C=O) groups is 2. The maximum Gasteiger partial charge on any atom is 0.326 e. The number of carboxylic acids is 1. The number of carboxylic acid groups (broad SMARTS) is 1. The molecular formula is C14H26N2O4. The second-order valence-corrected chi connectivity index (χ2v) is 5.64. The van der Waals surface area contributed by atoms with E-state index in [4.69, 9.17) is 4.74 Å². The summed E-state index contributed by atoms with van der Waals surface area (Å²) in [6.45, 7) is 5.58. The van der Waals surface area contributed by atoms with Crippen LogP contribution in [-0.4, -0.2) is 49.8 Å². The summed E-state index contributed by atoms with van der Waals surface area (Å²) in [6, 6.07) is -0.837. The molecule has 6 heteroatoms. The van der Waals surface area contributed by atoms with Crippen LogP contribution in [0.5, 0.6) is 0 Å². The summed E-state index contributed by atoms with van der Waals surface area (Å²) >= 11 is 0. The quantitative estimate of drug-likeness (QED) is 0.638. The summed E-state index contributed by atoms with van der Waals surface area (Å²) in [6.07, 6.45) is 2.04. The van der Waals surface area contributed by atoms with Gasteiger partial charge in [-0.25, -0.2) is 4.79 Å². The van der Waals surface area contributed by atoms with Crippen LogP contribution in [0.15, 0.2) is 0 Å². The van der Waals surface area contributed by atoms with Crippen molar-refractivity contribution in [3.63, 3.8) is 0 Å². The van der Waals surface area contributed by atoms with Crippen molar-refractivity contribution in [3.05, 3.63) is 0 Å². The number of methoxy groups -OCH3 is 1. The second kappa shape index (κ2) is 7.59. The fourth-order valence-corrected chi connectivity index (χ4v) is 2.60. The molecule has 1 aliphatic rings. The molecule has 0 bridgehead atoms. The third-order valence-electron chi connectivity index (χ3n) is 4.23. The van der Waals surface area contributed by atoms with Crippen LogP contribution in [0.25, 0.3) is 0 Å². The molecule has 1 amide bonds. The maximum atomic E-state index is 12.6. The summed E-state index contributed by atoms with van der Waals surface area (Å²) in [5, 5.41) is 15.2. The van der Waals surface area contributed by atoms with Gasteiger partial charge in [0.15, 0.2) is 0 Å². The van der Waals surface area contributed by atoms with Gasteiger partial charge in [-0.3, -0.25) is 4.79 Å². The van der Waals surface area contributed by atoms with Gasteiger partial charge in [0.1, 0.15) is 6.04 Å². The smallest absolute Gasteiger partial charge is 0.326 e. The van der Waals surface area contributed by atoms with Crippen molar-refractivity contribution in [2.45, 2.75) is 39.2 Å². The van der Waals surface area contributed by atoms with Gasteiger partial charge in [-0.15, -0.1) is 0 Å². The SMILES string of the molecule is CCC(C)C(NC(=O)C1(COC)CCNCC1)C(=O)O. The lowest BCUT2D eigenvalue weighted by atomic mass is 9.78. The van der Waals surface area contributed by atoms with Gasteiger partial charge >= 0.3 is 5.97 Å². The zero-order valence-electron chi connectivity index (χ0n) is 12.6. The lowest BCUT2D eigenvalue weighted by Crippen LogP contribution is -2.55. The minimum absolute atomic E-state index is 0.0993. The molecular weight excluding hydrogens is 260 g/mol. The first-order chi connectivity index (χ1) is 9.46. The molecule has 0 spiro atoms. The summed E-state index contributed by atoms with van der Waals surface area (Å²) < 4.78 is 5.20. The van der Waals surface area contributed by atoms with Gasteiger partial charge in [-0.05, 0) is 31.8 Å². The minimum atomic E-state index is -0.978. The van der Waals surface area contributed by atoms with E-state index in [2.05, 4.69) is 10.6 Å². The molecule has 0 saturated carbocycles. The number of amides is 1. The van der Waals surface area contributed by atoms with Crippen molar-refractivity contribution in [1.82, 2.24) is 10.6 Å². The van der Waals surface area contributed by atoms with Crippen molar-refractivity contribution in [2.75, 3.05) is 26.8 Å². The van der Waals surface area contributed by atoms with Crippen LogP contribution in [-0.2, 0) is 14.3 Å². The van der Waals surface area contributed by atoms with Crippen molar-refractivity contribution in [1.29, 1.82) is 0 Å². The minimum Gasteiger partial charge on any atom is -0.480 e. The van der Waals surface area contributed by atoms with Crippen LogP contribution in [0.3, 0.4) is 0 Å². The first-order valence-corrected chi connectivity index (χ1v) is 7.20. The fraction of sp³-hybridized carbons (Fsp3) is 0.857. The Hall–Kier alpha value is -1.14. The average molecular weight is 286 g/mol. The van der Waals surface area contributed by atoms with Crippen molar-refractivity contribution >= 4 is 11.9 Å². The van der Waals surface area contributed by atoms with Crippen LogP contribution >= 0.6 is 0 Å². The first-order valence-electron chi connectivity index (χ1n) is 7.20. The van der Waals surface area contributed by atoms with Crippen LogP contribution in [0.2, 0.25) is 0 Å². The molecule has 1 heterocycles. The fourth-order valence-electron chi connectivity index (χ4n) is 2.60. The molecule has 1 fully saturated rings. The summed E-state index contributed by atoms with van der Waals surface area (Å²) in [4.78, 5) is 23.9. The van der Waals surface area contributed by atoms with Gasteiger partial charge in [0.25, 0.3) is 0 Å². The molecule has 6 nitrogen and oxygen atoms in total. The molecule has 0 aromatic heterocycles. The molecule has 116 valence electrons. The summed E-state index contributed by atoms with van der Waals surface area (Å²) in [5.41, 5.74) is -0.610. The standard InChI is InChI=1S/C14H26N2O4/c1-4-10(2)11(12(17)18)16-13(19)14(9-20-3)5-7-15-8-6-14/h10-11,15H,4-9H2,1-3H3,(H,16,19)(H,17,18).